The average Bonchev–Trinajstić information content (AvgIpc) is 2.34. The molecule has 1 aromatic rings. The molecule has 5 nitrogen and oxygen atoms in total. The summed E-state index contributed by atoms with van der Waals surface area (Å²) >= 11 is 0. The Morgan fingerprint density at radius 3 is 2.76 bits per heavy atom. The fourth-order valence-corrected chi connectivity index (χ4v) is 1.26. The van der Waals surface area contributed by atoms with E-state index in [0.29, 0.717) is 17.9 Å². The van der Waals surface area contributed by atoms with E-state index in [2.05, 4.69) is 0 Å². The van der Waals surface area contributed by atoms with Crippen LogP contribution in [0.1, 0.15) is 23.7 Å². The Bertz CT molecular complexity index is 452. The molecule has 0 spiro atoms. The molecule has 1 atom stereocenters. The van der Waals surface area contributed by atoms with Gasteiger partial charge in [0.05, 0.1) is 12.7 Å². The molecule has 0 bridgehead atoms. The number of nitrogen functional groups attached to an aromatic ring is 1. The highest BCUT2D eigenvalue weighted by molar-refractivity contribution is 5.91. The lowest BCUT2D eigenvalue weighted by Crippen LogP contribution is -2.15. The first-order valence-corrected chi connectivity index (χ1v) is 5.15. The van der Waals surface area contributed by atoms with Crippen LogP contribution in [0.3, 0.4) is 0 Å². The molecule has 0 heterocycles. The largest absolute Gasteiger partial charge is 0.497 e. The Labute approximate surface area is 99.7 Å². The third kappa shape index (κ3) is 3.38. The Kier molecular flexibility index (Phi) is 4.35. The number of esters is 1. The number of carbonyl (C=O) groups is 1. The van der Waals surface area contributed by atoms with Crippen LogP contribution < -0.4 is 10.5 Å². The van der Waals surface area contributed by atoms with Crippen LogP contribution in [-0.2, 0) is 4.74 Å². The molecule has 17 heavy (non-hydrogen) atoms. The molecule has 0 aliphatic rings. The van der Waals surface area contributed by atoms with Crippen LogP contribution >= 0.6 is 0 Å². The molecule has 90 valence electrons. The summed E-state index contributed by atoms with van der Waals surface area (Å²) in [6.07, 6.45) is -0.295. The number of nitrogens with zero attached hydrogens (tertiary/aromatic N) is 1. The average molecular weight is 234 g/mol. The Morgan fingerprint density at radius 1 is 1.53 bits per heavy atom. The molecule has 0 aromatic heterocycles. The van der Waals surface area contributed by atoms with Gasteiger partial charge in [0.25, 0.3) is 0 Å². The number of hydrogen-bond donors (Lipinski definition) is 1. The third-order valence-corrected chi connectivity index (χ3v) is 2.16. The van der Waals surface area contributed by atoms with Crippen molar-refractivity contribution >= 4 is 11.7 Å². The van der Waals surface area contributed by atoms with E-state index in [-0.39, 0.29) is 5.56 Å². The van der Waals surface area contributed by atoms with Crippen LogP contribution in [0.25, 0.3) is 0 Å². The van der Waals surface area contributed by atoms with Crippen LogP contribution in [0, 0.1) is 11.3 Å². The maximum absolute atomic E-state index is 11.7. The maximum atomic E-state index is 11.7. The van der Waals surface area contributed by atoms with Gasteiger partial charge in [-0.1, -0.05) is 6.92 Å². The van der Waals surface area contributed by atoms with E-state index in [0.717, 1.165) is 0 Å². The number of ether oxygens (including phenoxy) is 2. The SMILES string of the molecule is CCC(C#N)OC(=O)c1cc(N)cc(OC)c1. The van der Waals surface area contributed by atoms with Crippen molar-refractivity contribution in [3.63, 3.8) is 0 Å². The topological polar surface area (TPSA) is 85.3 Å². The normalized spacial score (nSPS) is 11.4. The van der Waals surface area contributed by atoms with Crippen molar-refractivity contribution in [2.24, 2.45) is 0 Å². The molecule has 0 saturated carbocycles. The van der Waals surface area contributed by atoms with Gasteiger partial charge in [-0.25, -0.2) is 4.79 Å². The summed E-state index contributed by atoms with van der Waals surface area (Å²) in [5.41, 5.74) is 6.29. The molecular formula is C12H14N2O3. The minimum absolute atomic E-state index is 0.274. The summed E-state index contributed by atoms with van der Waals surface area (Å²) < 4.78 is 9.97. The number of methoxy groups -OCH3 is 1. The van der Waals surface area contributed by atoms with Gasteiger partial charge in [0.2, 0.25) is 0 Å². The number of nitrogens with two attached hydrogens (primary N) is 1. The molecule has 0 aliphatic carbocycles. The standard InChI is InChI=1S/C12H14N2O3/c1-3-10(7-13)17-12(15)8-4-9(14)6-11(5-8)16-2/h4-6,10H,3,14H2,1-2H3. The van der Waals surface area contributed by atoms with E-state index < -0.39 is 12.1 Å². The third-order valence-electron chi connectivity index (χ3n) is 2.16. The van der Waals surface area contributed by atoms with Crippen LogP contribution in [0.4, 0.5) is 5.69 Å². The van der Waals surface area contributed by atoms with Crippen LogP contribution in [0.15, 0.2) is 18.2 Å². The Hall–Kier alpha value is -2.22. The first kappa shape index (κ1) is 12.8. The number of rotatable bonds is 4. The van der Waals surface area contributed by atoms with E-state index >= 15 is 0 Å². The van der Waals surface area contributed by atoms with Crippen LogP contribution in [-0.4, -0.2) is 19.2 Å². The second-order valence-electron chi connectivity index (χ2n) is 3.43. The maximum Gasteiger partial charge on any atom is 0.339 e. The molecular weight excluding hydrogens is 220 g/mol. The molecule has 0 radical (unpaired) electrons. The summed E-state index contributed by atoms with van der Waals surface area (Å²) in [6.45, 7) is 1.76. The fourth-order valence-electron chi connectivity index (χ4n) is 1.26. The summed E-state index contributed by atoms with van der Waals surface area (Å²) in [7, 11) is 1.48. The molecule has 1 unspecified atom stereocenters. The fraction of sp³-hybridized carbons (Fsp3) is 0.333. The molecule has 1 rings (SSSR count). The summed E-state index contributed by atoms with van der Waals surface area (Å²) in [5.74, 6) is -0.106. The van der Waals surface area contributed by atoms with Crippen molar-refractivity contribution in [1.29, 1.82) is 5.26 Å². The zero-order chi connectivity index (χ0) is 12.8. The first-order chi connectivity index (χ1) is 8.10. The Morgan fingerprint density at radius 2 is 2.24 bits per heavy atom. The molecule has 1 aromatic carbocycles. The smallest absolute Gasteiger partial charge is 0.339 e. The highest BCUT2D eigenvalue weighted by Gasteiger charge is 2.14. The van der Waals surface area contributed by atoms with Crippen molar-refractivity contribution in [3.05, 3.63) is 23.8 Å². The predicted molar refractivity (Wildman–Crippen MR) is 62.5 cm³/mol. The van der Waals surface area contributed by atoms with Gasteiger partial charge in [0.1, 0.15) is 11.8 Å². The van der Waals surface area contributed by atoms with Crippen molar-refractivity contribution in [1.82, 2.24) is 0 Å². The summed E-state index contributed by atoms with van der Waals surface area (Å²) in [5, 5.41) is 8.70. The molecule has 0 aliphatic heterocycles. The molecule has 0 saturated heterocycles. The molecule has 5 heteroatoms. The van der Waals surface area contributed by atoms with Gasteiger partial charge in [-0.05, 0) is 18.6 Å². The van der Waals surface area contributed by atoms with E-state index in [4.69, 9.17) is 20.5 Å². The number of carbonyl (C=O) groups excluding carboxylic acids is 1. The molecule has 0 fully saturated rings. The molecule has 2 N–H and O–H groups in total. The number of benzene rings is 1. The lowest BCUT2D eigenvalue weighted by molar-refractivity contribution is 0.0401. The summed E-state index contributed by atoms with van der Waals surface area (Å²) in [6, 6.07) is 6.48. The van der Waals surface area contributed by atoms with E-state index in [1.54, 1.807) is 13.0 Å². The van der Waals surface area contributed by atoms with Crippen molar-refractivity contribution in [2.45, 2.75) is 19.4 Å². The predicted octanol–water partition coefficient (Wildman–Crippen LogP) is 1.74. The quantitative estimate of drug-likeness (QED) is 0.633. The zero-order valence-corrected chi connectivity index (χ0v) is 9.77. The highest BCUT2D eigenvalue weighted by Crippen LogP contribution is 2.19. The number of nitriles is 1. The lowest BCUT2D eigenvalue weighted by atomic mass is 10.2. The number of anilines is 1. The van der Waals surface area contributed by atoms with E-state index in [9.17, 15) is 4.79 Å². The highest BCUT2D eigenvalue weighted by atomic mass is 16.5. The van der Waals surface area contributed by atoms with E-state index in [1.807, 2.05) is 6.07 Å². The Balaban J connectivity index is 2.89. The minimum Gasteiger partial charge on any atom is -0.497 e. The van der Waals surface area contributed by atoms with Crippen LogP contribution in [0.2, 0.25) is 0 Å². The molecule has 0 amide bonds. The first-order valence-electron chi connectivity index (χ1n) is 5.15. The van der Waals surface area contributed by atoms with E-state index in [1.165, 1.54) is 19.2 Å². The second kappa shape index (κ2) is 5.75. The lowest BCUT2D eigenvalue weighted by Gasteiger charge is -2.10. The summed E-state index contributed by atoms with van der Waals surface area (Å²) in [4.78, 5) is 11.7. The van der Waals surface area contributed by atoms with Gasteiger partial charge >= 0.3 is 5.97 Å². The monoisotopic (exact) mass is 234 g/mol. The van der Waals surface area contributed by atoms with Gasteiger partial charge in [-0.2, -0.15) is 5.26 Å². The second-order valence-corrected chi connectivity index (χ2v) is 3.43. The van der Waals surface area contributed by atoms with Crippen molar-refractivity contribution in [3.8, 4) is 11.8 Å². The van der Waals surface area contributed by atoms with Crippen molar-refractivity contribution < 1.29 is 14.3 Å². The van der Waals surface area contributed by atoms with Gasteiger partial charge in [-0.3, -0.25) is 0 Å². The van der Waals surface area contributed by atoms with Gasteiger partial charge in [-0.15, -0.1) is 0 Å². The zero-order valence-electron chi connectivity index (χ0n) is 9.77. The van der Waals surface area contributed by atoms with Gasteiger partial charge < -0.3 is 15.2 Å². The number of hydrogen-bond acceptors (Lipinski definition) is 5. The van der Waals surface area contributed by atoms with Gasteiger partial charge in [0, 0.05) is 11.8 Å². The van der Waals surface area contributed by atoms with Crippen LogP contribution in [0.5, 0.6) is 5.75 Å². The van der Waals surface area contributed by atoms with Crippen molar-refractivity contribution in [2.75, 3.05) is 12.8 Å². The minimum atomic E-state index is -0.741. The van der Waals surface area contributed by atoms with Gasteiger partial charge in [0.15, 0.2) is 6.10 Å².